The van der Waals surface area contributed by atoms with Gasteiger partial charge in [0.15, 0.2) is 11.6 Å². The first-order chi connectivity index (χ1) is 15.2. The number of carbonyl (C=O) groups is 3. The van der Waals surface area contributed by atoms with E-state index in [4.69, 9.17) is 5.73 Å². The van der Waals surface area contributed by atoms with Gasteiger partial charge in [0.05, 0.1) is 17.6 Å². The van der Waals surface area contributed by atoms with Crippen LogP contribution < -0.4 is 11.1 Å². The molecule has 0 bridgehead atoms. The third-order valence-electron chi connectivity index (χ3n) is 7.33. The van der Waals surface area contributed by atoms with Crippen LogP contribution >= 0.6 is 0 Å². The number of aromatic hydroxyl groups is 1. The smallest absolute Gasteiger partial charge is 0.230 e. The normalized spacial score (nSPS) is 29.4. The van der Waals surface area contributed by atoms with E-state index in [1.54, 1.807) is 19.2 Å². The number of ketones is 2. The molecule has 2 fully saturated rings. The average molecular weight is 436 g/mol. The second-order valence-corrected chi connectivity index (χ2v) is 9.00. The maximum absolute atomic E-state index is 13.4. The molecule has 5 rings (SSSR count). The van der Waals surface area contributed by atoms with Crippen molar-refractivity contribution in [1.82, 2.24) is 0 Å². The molecule has 0 aromatic heterocycles. The lowest BCUT2D eigenvalue weighted by Crippen LogP contribution is -2.54. The highest BCUT2D eigenvalue weighted by molar-refractivity contribution is 6.19. The van der Waals surface area contributed by atoms with Crippen molar-refractivity contribution in [3.05, 3.63) is 41.0 Å². The van der Waals surface area contributed by atoms with Gasteiger partial charge in [-0.05, 0) is 48.8 Å². The summed E-state index contributed by atoms with van der Waals surface area (Å²) in [5, 5.41) is 36.9. The quantitative estimate of drug-likeness (QED) is 0.449. The second-order valence-electron chi connectivity index (χ2n) is 9.00. The molecule has 0 aliphatic heterocycles. The lowest BCUT2D eigenvalue weighted by atomic mass is 9.59. The third-order valence-corrected chi connectivity index (χ3v) is 7.33. The molecule has 3 unspecified atom stereocenters. The Morgan fingerprint density at radius 2 is 1.91 bits per heavy atom. The number of fused-ring (bicyclic) bond motifs is 4. The van der Waals surface area contributed by atoms with Gasteiger partial charge in [0.2, 0.25) is 5.91 Å². The van der Waals surface area contributed by atoms with E-state index in [-0.39, 0.29) is 35.0 Å². The van der Waals surface area contributed by atoms with Crippen molar-refractivity contribution in [1.29, 1.82) is 0 Å². The number of allylic oxidation sites excluding steroid dienone is 1. The number of phenols is 1. The molecule has 0 spiro atoms. The fraction of sp³-hybridized carbons (Fsp3) is 0.375. The number of anilines is 1. The first kappa shape index (κ1) is 20.5. The first-order valence-corrected chi connectivity index (χ1v) is 10.7. The van der Waals surface area contributed by atoms with Crippen LogP contribution in [0.25, 0.3) is 16.5 Å². The summed E-state index contributed by atoms with van der Waals surface area (Å²) < 4.78 is 0. The van der Waals surface area contributed by atoms with Crippen LogP contribution in [0.2, 0.25) is 0 Å². The predicted molar refractivity (Wildman–Crippen MR) is 117 cm³/mol. The van der Waals surface area contributed by atoms with Crippen molar-refractivity contribution in [2.24, 2.45) is 29.4 Å². The van der Waals surface area contributed by atoms with Crippen LogP contribution in [0.5, 0.6) is 5.75 Å². The highest BCUT2D eigenvalue weighted by Crippen LogP contribution is 2.51. The summed E-state index contributed by atoms with van der Waals surface area (Å²) in [7, 11) is 1.78. The van der Waals surface area contributed by atoms with Gasteiger partial charge in [0.1, 0.15) is 17.4 Å². The van der Waals surface area contributed by atoms with Gasteiger partial charge in [-0.1, -0.05) is 12.1 Å². The third kappa shape index (κ3) is 2.69. The number of aliphatic hydroxyl groups excluding tert-OH is 2. The molecule has 8 heteroatoms. The van der Waals surface area contributed by atoms with Gasteiger partial charge in [-0.2, -0.15) is 0 Å². The van der Waals surface area contributed by atoms with E-state index in [0.29, 0.717) is 23.8 Å². The van der Waals surface area contributed by atoms with Crippen LogP contribution in [0.1, 0.15) is 24.0 Å². The van der Waals surface area contributed by atoms with Crippen LogP contribution in [0.4, 0.5) is 5.69 Å². The van der Waals surface area contributed by atoms with Crippen molar-refractivity contribution in [2.75, 3.05) is 12.4 Å². The molecule has 166 valence electrons. The van der Waals surface area contributed by atoms with Crippen LogP contribution in [0.3, 0.4) is 0 Å². The number of phenolic OH excluding ortho intramolecular Hbond substituents is 1. The summed E-state index contributed by atoms with van der Waals surface area (Å²) in [5.74, 6) is -5.93. The molecule has 2 aromatic carbocycles. The highest BCUT2D eigenvalue weighted by atomic mass is 16.3. The van der Waals surface area contributed by atoms with Gasteiger partial charge in [0.25, 0.3) is 0 Å². The second kappa shape index (κ2) is 7.06. The SMILES string of the molecule is CNc1cccc2c(O)c3c(cc12)C[C@H]1C[C@H]2CC(O)C(C(N)=O)C(=O)C2C(=O)C1=C3O. The maximum Gasteiger partial charge on any atom is 0.230 e. The van der Waals surface area contributed by atoms with Crippen LogP contribution in [-0.4, -0.2) is 45.9 Å². The molecular formula is C24H24N2O6. The number of benzene rings is 2. The zero-order valence-electron chi connectivity index (χ0n) is 17.5. The summed E-state index contributed by atoms with van der Waals surface area (Å²) >= 11 is 0. The number of Topliss-reactive ketones (excluding diaryl/α,β-unsaturated/α-hetero) is 2. The molecule has 0 radical (unpaired) electrons. The van der Waals surface area contributed by atoms with E-state index in [9.17, 15) is 29.7 Å². The number of hydrogen-bond acceptors (Lipinski definition) is 7. The number of rotatable bonds is 2. The molecule has 0 saturated heterocycles. The minimum atomic E-state index is -1.42. The summed E-state index contributed by atoms with van der Waals surface area (Å²) in [6.07, 6.45) is -0.264. The zero-order valence-corrected chi connectivity index (χ0v) is 17.5. The highest BCUT2D eigenvalue weighted by Gasteiger charge is 2.54. The number of nitrogens with one attached hydrogen (secondary N) is 1. The molecule has 3 aliphatic rings. The van der Waals surface area contributed by atoms with Gasteiger partial charge in [-0.3, -0.25) is 14.4 Å². The van der Waals surface area contributed by atoms with Gasteiger partial charge < -0.3 is 26.4 Å². The summed E-state index contributed by atoms with van der Waals surface area (Å²) in [6.45, 7) is 0. The summed E-state index contributed by atoms with van der Waals surface area (Å²) in [4.78, 5) is 38.0. The number of hydrogen-bond donors (Lipinski definition) is 5. The standard InChI is InChI=1S/C24H24N2O6/c1-26-14-4-2-3-12-13(14)7-10-5-9-6-11-8-15(27)19(24(25)32)23(31)18(11)22(30)17(9)21(29)16(10)20(12)28/h2-4,7,9,11,15,18-19,26-29H,5-6,8H2,1H3,(H2,25,32)/t9-,11-,15?,18?,19?/m0/s1. The number of aliphatic hydroxyl groups is 2. The molecule has 6 N–H and O–H groups in total. The molecule has 0 heterocycles. The zero-order chi connectivity index (χ0) is 22.9. The van der Waals surface area contributed by atoms with Crippen molar-refractivity contribution < 1.29 is 29.7 Å². The van der Waals surface area contributed by atoms with E-state index in [1.807, 2.05) is 12.1 Å². The van der Waals surface area contributed by atoms with Crippen LogP contribution in [-0.2, 0) is 20.8 Å². The number of nitrogens with two attached hydrogens (primary N) is 1. The lowest BCUT2D eigenvalue weighted by molar-refractivity contribution is -0.150. The monoisotopic (exact) mass is 436 g/mol. The van der Waals surface area contributed by atoms with Gasteiger partial charge >= 0.3 is 0 Å². The summed E-state index contributed by atoms with van der Waals surface area (Å²) in [6, 6.07) is 7.31. The fourth-order valence-electron chi connectivity index (χ4n) is 5.95. The molecule has 8 nitrogen and oxygen atoms in total. The van der Waals surface area contributed by atoms with Crippen LogP contribution in [0.15, 0.2) is 29.8 Å². The Kier molecular flexibility index (Phi) is 4.53. The Hall–Kier alpha value is -3.39. The number of amides is 1. The lowest BCUT2D eigenvalue weighted by Gasteiger charge is -2.43. The fourth-order valence-corrected chi connectivity index (χ4v) is 5.95. The molecule has 32 heavy (non-hydrogen) atoms. The minimum Gasteiger partial charge on any atom is -0.507 e. The minimum absolute atomic E-state index is 0.117. The van der Waals surface area contributed by atoms with Crippen molar-refractivity contribution in [3.8, 4) is 5.75 Å². The van der Waals surface area contributed by atoms with Crippen molar-refractivity contribution in [2.45, 2.75) is 25.4 Å². The molecule has 2 aromatic rings. The number of carbonyl (C=O) groups excluding carboxylic acids is 3. The topological polar surface area (TPSA) is 150 Å². The Balaban J connectivity index is 1.66. The van der Waals surface area contributed by atoms with E-state index in [1.165, 1.54) is 0 Å². The number of primary amides is 1. The van der Waals surface area contributed by atoms with Gasteiger partial charge in [-0.15, -0.1) is 0 Å². The molecule has 1 amide bonds. The Labute approximate surface area is 183 Å². The Morgan fingerprint density at radius 1 is 1.16 bits per heavy atom. The van der Waals surface area contributed by atoms with Gasteiger partial charge in [-0.25, -0.2) is 0 Å². The Morgan fingerprint density at radius 3 is 2.59 bits per heavy atom. The maximum atomic E-state index is 13.4. The largest absolute Gasteiger partial charge is 0.507 e. The molecule has 3 aliphatic carbocycles. The van der Waals surface area contributed by atoms with E-state index >= 15 is 0 Å². The Bertz CT molecular complexity index is 1230. The first-order valence-electron chi connectivity index (χ1n) is 10.7. The summed E-state index contributed by atoms with van der Waals surface area (Å²) in [5.41, 5.74) is 7.17. The van der Waals surface area contributed by atoms with Crippen molar-refractivity contribution in [3.63, 3.8) is 0 Å². The molecule has 2 saturated carbocycles. The molecular weight excluding hydrogens is 412 g/mol. The van der Waals surface area contributed by atoms with Crippen LogP contribution in [0, 0.1) is 23.7 Å². The van der Waals surface area contributed by atoms with E-state index < -0.39 is 41.3 Å². The predicted octanol–water partition coefficient (Wildman–Crippen LogP) is 1.67. The van der Waals surface area contributed by atoms with E-state index in [0.717, 1.165) is 11.1 Å². The van der Waals surface area contributed by atoms with Crippen molar-refractivity contribution >= 4 is 39.7 Å². The van der Waals surface area contributed by atoms with E-state index in [2.05, 4.69) is 5.32 Å². The van der Waals surface area contributed by atoms with Gasteiger partial charge in [0, 0.05) is 29.1 Å². The average Bonchev–Trinajstić information content (AvgIpc) is 2.72. The molecule has 5 atom stereocenters.